The minimum absolute atomic E-state index is 0.170. The minimum atomic E-state index is -0.616. The second kappa shape index (κ2) is 10.5. The zero-order valence-electron chi connectivity index (χ0n) is 17.5. The third kappa shape index (κ3) is 5.24. The highest BCUT2D eigenvalue weighted by atomic mass is 35.5. The van der Waals surface area contributed by atoms with E-state index in [-0.39, 0.29) is 22.9 Å². The Labute approximate surface area is 215 Å². The summed E-state index contributed by atoms with van der Waals surface area (Å²) in [5.74, 6) is -0.886. The van der Waals surface area contributed by atoms with Crippen molar-refractivity contribution in [1.82, 2.24) is 0 Å². The second-order valence-electron chi connectivity index (χ2n) is 7.31. The molecule has 0 bridgehead atoms. The van der Waals surface area contributed by atoms with Crippen molar-refractivity contribution in [2.75, 3.05) is 10.2 Å². The average Bonchev–Trinajstić information content (AvgIpc) is 3.13. The van der Waals surface area contributed by atoms with Crippen molar-refractivity contribution in [1.29, 1.82) is 5.26 Å². The Bertz CT molecular complexity index is 1320. The van der Waals surface area contributed by atoms with Crippen molar-refractivity contribution in [2.45, 2.75) is 11.7 Å². The van der Waals surface area contributed by atoms with Gasteiger partial charge in [0.05, 0.1) is 5.25 Å². The number of benzene rings is 3. The van der Waals surface area contributed by atoms with E-state index in [2.05, 4.69) is 5.32 Å². The number of nitriles is 1. The molecule has 0 unspecified atom stereocenters. The van der Waals surface area contributed by atoms with Gasteiger partial charge in [-0.1, -0.05) is 64.8 Å². The molecule has 4 rings (SSSR count). The van der Waals surface area contributed by atoms with Crippen molar-refractivity contribution >= 4 is 69.8 Å². The molecule has 3 aromatic carbocycles. The maximum absolute atomic E-state index is 13.5. The highest BCUT2D eigenvalue weighted by molar-refractivity contribution is 8.05. The summed E-state index contributed by atoms with van der Waals surface area (Å²) >= 11 is 19.6. The van der Waals surface area contributed by atoms with Gasteiger partial charge in [0.25, 0.3) is 5.91 Å². The summed E-state index contributed by atoms with van der Waals surface area (Å²) in [6.45, 7) is 0. The third-order valence-electron chi connectivity index (χ3n) is 5.04. The molecule has 170 valence electrons. The van der Waals surface area contributed by atoms with E-state index in [1.54, 1.807) is 66.7 Å². The molecule has 0 aromatic heterocycles. The van der Waals surface area contributed by atoms with Gasteiger partial charge < -0.3 is 5.32 Å². The monoisotopic (exact) mass is 527 g/mol. The van der Waals surface area contributed by atoms with Gasteiger partial charge in [-0.2, -0.15) is 5.26 Å². The topological polar surface area (TPSA) is 73.2 Å². The largest absolute Gasteiger partial charge is 0.321 e. The molecule has 0 aliphatic carbocycles. The van der Waals surface area contributed by atoms with E-state index in [0.29, 0.717) is 32.0 Å². The van der Waals surface area contributed by atoms with Gasteiger partial charge in [-0.15, -0.1) is 0 Å². The Morgan fingerprint density at radius 2 is 1.68 bits per heavy atom. The van der Waals surface area contributed by atoms with Gasteiger partial charge in [0, 0.05) is 26.4 Å². The van der Waals surface area contributed by atoms with Crippen molar-refractivity contribution in [3.05, 3.63) is 104 Å². The molecule has 0 spiro atoms. The van der Waals surface area contributed by atoms with E-state index in [0.717, 1.165) is 11.8 Å². The Morgan fingerprint density at radius 1 is 1.00 bits per heavy atom. The van der Waals surface area contributed by atoms with E-state index < -0.39 is 11.2 Å². The van der Waals surface area contributed by atoms with Crippen molar-refractivity contribution in [3.63, 3.8) is 0 Å². The molecule has 2 amide bonds. The smallest absolute Gasteiger partial charge is 0.269 e. The summed E-state index contributed by atoms with van der Waals surface area (Å²) in [7, 11) is 0. The van der Waals surface area contributed by atoms with Crippen LogP contribution in [0.25, 0.3) is 0 Å². The van der Waals surface area contributed by atoms with Crippen LogP contribution in [-0.2, 0) is 16.0 Å². The summed E-state index contributed by atoms with van der Waals surface area (Å²) in [4.78, 5) is 27.9. The number of hydrogen-bond acceptors (Lipinski definition) is 4. The number of carbonyl (C=O) groups excluding carboxylic acids is 2. The van der Waals surface area contributed by atoms with Crippen LogP contribution in [0.15, 0.2) is 83.4 Å². The maximum atomic E-state index is 13.5. The van der Waals surface area contributed by atoms with Crippen LogP contribution in [0.1, 0.15) is 5.56 Å². The standard InChI is InChI=1S/C25H16Cl3N3O2S/c26-16-6-9-19(10-7-16)31-24(33)22(13-15-12-17(27)8-11-21(15)28)34-25(31)20(14-29)23(32)30-18-4-2-1-3-5-18/h1-12,22H,13H2,(H,30,32)/b25-20-/t22-/m0/s1. The van der Waals surface area contributed by atoms with Crippen LogP contribution in [0.4, 0.5) is 11.4 Å². The molecule has 1 heterocycles. The van der Waals surface area contributed by atoms with E-state index in [4.69, 9.17) is 34.8 Å². The van der Waals surface area contributed by atoms with Gasteiger partial charge in [-0.3, -0.25) is 14.5 Å². The molecule has 0 saturated carbocycles. The highest BCUT2D eigenvalue weighted by Crippen LogP contribution is 2.43. The first-order valence-corrected chi connectivity index (χ1v) is 12.1. The normalized spacial score (nSPS) is 16.8. The number of nitrogens with zero attached hydrogens (tertiary/aromatic N) is 2. The van der Waals surface area contributed by atoms with Crippen LogP contribution >= 0.6 is 46.6 Å². The van der Waals surface area contributed by atoms with E-state index in [9.17, 15) is 14.9 Å². The maximum Gasteiger partial charge on any atom is 0.269 e. The zero-order chi connectivity index (χ0) is 24.2. The van der Waals surface area contributed by atoms with Crippen LogP contribution < -0.4 is 10.2 Å². The average molecular weight is 529 g/mol. The van der Waals surface area contributed by atoms with E-state index in [1.165, 1.54) is 4.90 Å². The number of nitrogens with one attached hydrogen (secondary N) is 1. The van der Waals surface area contributed by atoms with Gasteiger partial charge in [0.15, 0.2) is 0 Å². The summed E-state index contributed by atoms with van der Waals surface area (Å²) in [5.41, 5.74) is 1.56. The second-order valence-corrected chi connectivity index (χ2v) is 9.78. The molecule has 1 N–H and O–H groups in total. The fraction of sp³-hybridized carbons (Fsp3) is 0.0800. The Morgan fingerprint density at radius 3 is 2.35 bits per heavy atom. The van der Waals surface area contributed by atoms with Crippen molar-refractivity contribution in [2.24, 2.45) is 0 Å². The molecule has 1 fully saturated rings. The summed E-state index contributed by atoms with van der Waals surface area (Å²) in [6, 6.07) is 22.4. The quantitative estimate of drug-likeness (QED) is 0.295. The first-order chi connectivity index (χ1) is 16.4. The van der Waals surface area contributed by atoms with Crippen LogP contribution in [0.3, 0.4) is 0 Å². The predicted molar refractivity (Wildman–Crippen MR) is 138 cm³/mol. The Hall–Kier alpha value is -2.95. The fourth-order valence-corrected chi connectivity index (χ4v) is 5.24. The van der Waals surface area contributed by atoms with Crippen LogP contribution in [-0.4, -0.2) is 17.1 Å². The predicted octanol–water partition coefficient (Wildman–Crippen LogP) is 6.71. The summed E-state index contributed by atoms with van der Waals surface area (Å²) < 4.78 is 0. The lowest BCUT2D eigenvalue weighted by Gasteiger charge is -2.19. The lowest BCUT2D eigenvalue weighted by atomic mass is 10.1. The molecule has 1 aliphatic heterocycles. The fourth-order valence-electron chi connectivity index (χ4n) is 3.43. The van der Waals surface area contributed by atoms with E-state index in [1.807, 2.05) is 12.1 Å². The van der Waals surface area contributed by atoms with Crippen LogP contribution in [0.5, 0.6) is 0 Å². The molecule has 1 aliphatic rings. The third-order valence-corrected chi connectivity index (χ3v) is 7.15. The number of para-hydroxylation sites is 1. The van der Waals surface area contributed by atoms with Crippen LogP contribution in [0.2, 0.25) is 15.1 Å². The number of thioether (sulfide) groups is 1. The molecule has 3 aromatic rings. The van der Waals surface area contributed by atoms with Gasteiger partial charge in [0.2, 0.25) is 5.91 Å². The first-order valence-electron chi connectivity index (χ1n) is 10.1. The van der Waals surface area contributed by atoms with Gasteiger partial charge >= 0.3 is 0 Å². The first kappa shape index (κ1) is 24.2. The lowest BCUT2D eigenvalue weighted by molar-refractivity contribution is -0.117. The van der Waals surface area contributed by atoms with Crippen LogP contribution in [0, 0.1) is 11.3 Å². The number of hydrogen-bond donors (Lipinski definition) is 1. The van der Waals surface area contributed by atoms with Gasteiger partial charge in [-0.25, -0.2) is 0 Å². The van der Waals surface area contributed by atoms with Gasteiger partial charge in [-0.05, 0) is 66.6 Å². The number of rotatable bonds is 5. The summed E-state index contributed by atoms with van der Waals surface area (Å²) in [5, 5.41) is 13.7. The SMILES string of the molecule is N#C/C(C(=O)Nc1ccccc1)=C1/S[C@@H](Cc2cc(Cl)ccc2Cl)C(=O)N1c1ccc(Cl)cc1. The lowest BCUT2D eigenvalue weighted by Crippen LogP contribution is -2.31. The van der Waals surface area contributed by atoms with Gasteiger partial charge in [0.1, 0.15) is 16.7 Å². The number of amides is 2. The molecule has 0 radical (unpaired) electrons. The Balaban J connectivity index is 1.74. The Kier molecular flexibility index (Phi) is 7.50. The molecular formula is C25H16Cl3N3O2S. The molecule has 1 saturated heterocycles. The zero-order valence-corrected chi connectivity index (χ0v) is 20.6. The summed E-state index contributed by atoms with van der Waals surface area (Å²) in [6.07, 6.45) is 0.273. The van der Waals surface area contributed by atoms with E-state index >= 15 is 0 Å². The van der Waals surface area contributed by atoms with Crippen molar-refractivity contribution in [3.8, 4) is 6.07 Å². The highest BCUT2D eigenvalue weighted by Gasteiger charge is 2.41. The number of carbonyl (C=O) groups is 2. The minimum Gasteiger partial charge on any atom is -0.321 e. The van der Waals surface area contributed by atoms with Crippen molar-refractivity contribution < 1.29 is 9.59 Å². The molecule has 34 heavy (non-hydrogen) atoms. The molecule has 9 heteroatoms. The number of halogens is 3. The molecular weight excluding hydrogens is 513 g/mol. The number of anilines is 2. The molecule has 1 atom stereocenters. The molecule has 5 nitrogen and oxygen atoms in total.